The van der Waals surface area contributed by atoms with E-state index in [4.69, 9.17) is 0 Å². The molecule has 0 aliphatic heterocycles. The van der Waals surface area contributed by atoms with E-state index in [9.17, 15) is 14.9 Å². The van der Waals surface area contributed by atoms with Crippen molar-refractivity contribution in [1.29, 1.82) is 0 Å². The van der Waals surface area contributed by atoms with Gasteiger partial charge in [-0.3, -0.25) is 20.0 Å². The van der Waals surface area contributed by atoms with E-state index >= 15 is 0 Å². The van der Waals surface area contributed by atoms with Crippen LogP contribution in [0.25, 0.3) is 0 Å². The first kappa shape index (κ1) is 14.5. The Labute approximate surface area is 120 Å². The van der Waals surface area contributed by atoms with Gasteiger partial charge >= 0.3 is 0 Å². The highest BCUT2D eigenvalue weighted by atomic mass is 16.6. The van der Waals surface area contributed by atoms with Gasteiger partial charge in [-0.25, -0.2) is 0 Å². The van der Waals surface area contributed by atoms with E-state index in [1.54, 1.807) is 13.2 Å². The number of hydrogen-bond donors (Lipinski definition) is 3. The molecule has 0 bridgehead atoms. The van der Waals surface area contributed by atoms with Crippen molar-refractivity contribution in [2.24, 2.45) is 0 Å². The van der Waals surface area contributed by atoms with E-state index in [1.165, 1.54) is 18.2 Å². The molecule has 21 heavy (non-hydrogen) atoms. The Morgan fingerprint density at radius 1 is 1.48 bits per heavy atom. The van der Waals surface area contributed by atoms with Crippen molar-refractivity contribution in [2.75, 3.05) is 12.4 Å². The average Bonchev–Trinajstić information content (AvgIpc) is 2.89. The van der Waals surface area contributed by atoms with Gasteiger partial charge in [-0.15, -0.1) is 0 Å². The van der Waals surface area contributed by atoms with E-state index < -0.39 is 4.92 Å². The third-order valence-corrected chi connectivity index (χ3v) is 3.10. The summed E-state index contributed by atoms with van der Waals surface area (Å²) in [7, 11) is 1.65. The van der Waals surface area contributed by atoms with Gasteiger partial charge in [0, 0.05) is 42.7 Å². The summed E-state index contributed by atoms with van der Waals surface area (Å²) in [5, 5.41) is 23.0. The maximum absolute atomic E-state index is 12.2. The summed E-state index contributed by atoms with van der Waals surface area (Å²) in [4.78, 5) is 22.5. The van der Waals surface area contributed by atoms with Crippen molar-refractivity contribution in [2.45, 2.75) is 13.5 Å². The number of amides is 1. The monoisotopic (exact) mass is 289 g/mol. The number of benzene rings is 1. The molecule has 8 heteroatoms. The Morgan fingerprint density at radius 3 is 2.81 bits per heavy atom. The first-order valence-corrected chi connectivity index (χ1v) is 6.26. The lowest BCUT2D eigenvalue weighted by atomic mass is 10.1. The smallest absolute Gasteiger partial charge is 0.270 e. The Kier molecular flexibility index (Phi) is 4.17. The standard InChI is InChI=1S/C13H15N5O3/c1-8-9(7-16-17-8)6-15-13(19)11-5-10(18(20)21)3-4-12(11)14-2/h3-5,7,14H,6H2,1-2H3,(H,15,19)(H,16,17). The van der Waals surface area contributed by atoms with Crippen LogP contribution in [-0.2, 0) is 6.54 Å². The first-order valence-electron chi connectivity index (χ1n) is 6.26. The van der Waals surface area contributed by atoms with Crippen LogP contribution in [0.2, 0.25) is 0 Å². The van der Waals surface area contributed by atoms with Crippen LogP contribution >= 0.6 is 0 Å². The molecule has 0 aliphatic carbocycles. The topological polar surface area (TPSA) is 113 Å². The zero-order valence-corrected chi connectivity index (χ0v) is 11.6. The minimum atomic E-state index is -0.531. The summed E-state index contributed by atoms with van der Waals surface area (Å²) in [6.07, 6.45) is 1.63. The minimum absolute atomic E-state index is 0.126. The number of nitrogens with one attached hydrogen (secondary N) is 3. The van der Waals surface area contributed by atoms with Gasteiger partial charge in [0.25, 0.3) is 11.6 Å². The number of aromatic nitrogens is 2. The highest BCUT2D eigenvalue weighted by Crippen LogP contribution is 2.21. The lowest BCUT2D eigenvalue weighted by Gasteiger charge is -2.09. The van der Waals surface area contributed by atoms with Gasteiger partial charge in [0.15, 0.2) is 0 Å². The number of aromatic amines is 1. The second-order valence-electron chi connectivity index (χ2n) is 4.44. The molecule has 1 amide bonds. The maximum Gasteiger partial charge on any atom is 0.270 e. The fourth-order valence-electron chi connectivity index (χ4n) is 1.88. The number of nitro benzene ring substituents is 1. The molecule has 110 valence electrons. The van der Waals surface area contributed by atoms with Crippen LogP contribution < -0.4 is 10.6 Å². The molecule has 0 unspecified atom stereocenters. The van der Waals surface area contributed by atoms with E-state index in [1.807, 2.05) is 6.92 Å². The minimum Gasteiger partial charge on any atom is -0.387 e. The maximum atomic E-state index is 12.2. The number of rotatable bonds is 5. The predicted octanol–water partition coefficient (Wildman–Crippen LogP) is 1.60. The fourth-order valence-corrected chi connectivity index (χ4v) is 1.88. The molecule has 0 aliphatic rings. The van der Waals surface area contributed by atoms with Gasteiger partial charge in [0.05, 0.1) is 16.7 Å². The van der Waals surface area contributed by atoms with Crippen molar-refractivity contribution < 1.29 is 9.72 Å². The van der Waals surface area contributed by atoms with Crippen LogP contribution in [-0.4, -0.2) is 28.1 Å². The summed E-state index contributed by atoms with van der Waals surface area (Å²) in [5.41, 5.74) is 2.36. The zero-order chi connectivity index (χ0) is 15.4. The van der Waals surface area contributed by atoms with Crippen molar-refractivity contribution in [3.8, 4) is 0 Å². The molecule has 8 nitrogen and oxygen atoms in total. The number of carbonyl (C=O) groups excluding carboxylic acids is 1. The van der Waals surface area contributed by atoms with Crippen LogP contribution in [0.15, 0.2) is 24.4 Å². The molecule has 3 N–H and O–H groups in total. The number of hydrogen-bond acceptors (Lipinski definition) is 5. The van der Waals surface area contributed by atoms with E-state index in [0.717, 1.165) is 11.3 Å². The van der Waals surface area contributed by atoms with Crippen LogP contribution in [0.4, 0.5) is 11.4 Å². The van der Waals surface area contributed by atoms with Gasteiger partial charge in [0.2, 0.25) is 0 Å². The molecule has 1 heterocycles. The summed E-state index contributed by atoms with van der Waals surface area (Å²) in [6.45, 7) is 2.15. The largest absolute Gasteiger partial charge is 0.387 e. The summed E-state index contributed by atoms with van der Waals surface area (Å²) >= 11 is 0. The number of nitrogens with zero attached hydrogens (tertiary/aromatic N) is 2. The van der Waals surface area contributed by atoms with Crippen LogP contribution in [0.5, 0.6) is 0 Å². The molecule has 0 spiro atoms. The number of non-ortho nitro benzene ring substituents is 1. The molecular weight excluding hydrogens is 274 g/mol. The Bertz CT molecular complexity index is 680. The van der Waals surface area contributed by atoms with Crippen molar-refractivity contribution in [3.05, 3.63) is 51.3 Å². The summed E-state index contributed by atoms with van der Waals surface area (Å²) in [5.74, 6) is -0.386. The molecular formula is C13H15N5O3. The second-order valence-corrected chi connectivity index (χ2v) is 4.44. The van der Waals surface area contributed by atoms with Gasteiger partial charge in [-0.1, -0.05) is 0 Å². The molecule has 1 aromatic carbocycles. The van der Waals surface area contributed by atoms with Gasteiger partial charge < -0.3 is 10.6 Å². The number of H-pyrrole nitrogens is 1. The number of nitro groups is 1. The number of aryl methyl sites for hydroxylation is 1. The average molecular weight is 289 g/mol. The lowest BCUT2D eigenvalue weighted by Crippen LogP contribution is -2.24. The van der Waals surface area contributed by atoms with Crippen LogP contribution in [0.1, 0.15) is 21.6 Å². The molecule has 1 aromatic heterocycles. The normalized spacial score (nSPS) is 10.2. The van der Waals surface area contributed by atoms with Crippen LogP contribution in [0.3, 0.4) is 0 Å². The Morgan fingerprint density at radius 2 is 2.24 bits per heavy atom. The third kappa shape index (κ3) is 3.16. The van der Waals surface area contributed by atoms with Crippen molar-refractivity contribution in [1.82, 2.24) is 15.5 Å². The highest BCUT2D eigenvalue weighted by Gasteiger charge is 2.16. The highest BCUT2D eigenvalue weighted by molar-refractivity contribution is 6.00. The summed E-state index contributed by atoms with van der Waals surface area (Å²) in [6, 6.07) is 4.11. The number of carbonyl (C=O) groups is 1. The molecule has 0 saturated heterocycles. The second kappa shape index (κ2) is 6.04. The van der Waals surface area contributed by atoms with Gasteiger partial charge in [0.1, 0.15) is 0 Å². The predicted molar refractivity (Wildman–Crippen MR) is 77.1 cm³/mol. The first-order chi connectivity index (χ1) is 10.0. The molecule has 0 saturated carbocycles. The fraction of sp³-hybridized carbons (Fsp3) is 0.231. The summed E-state index contributed by atoms with van der Waals surface area (Å²) < 4.78 is 0. The Hall–Kier alpha value is -2.90. The zero-order valence-electron chi connectivity index (χ0n) is 11.6. The molecule has 2 aromatic rings. The molecule has 2 rings (SSSR count). The van der Waals surface area contributed by atoms with Crippen molar-refractivity contribution >= 4 is 17.3 Å². The van der Waals surface area contributed by atoms with E-state index in [-0.39, 0.29) is 17.2 Å². The third-order valence-electron chi connectivity index (χ3n) is 3.10. The quantitative estimate of drug-likeness (QED) is 0.571. The SMILES string of the molecule is CNc1ccc([N+](=O)[O-])cc1C(=O)NCc1cn[nH]c1C. The lowest BCUT2D eigenvalue weighted by molar-refractivity contribution is -0.384. The van der Waals surface area contributed by atoms with Gasteiger partial charge in [-0.2, -0.15) is 5.10 Å². The van der Waals surface area contributed by atoms with E-state index in [0.29, 0.717) is 12.2 Å². The Balaban J connectivity index is 2.19. The van der Waals surface area contributed by atoms with Crippen LogP contribution in [0, 0.1) is 17.0 Å². The van der Waals surface area contributed by atoms with E-state index in [2.05, 4.69) is 20.8 Å². The van der Waals surface area contributed by atoms with Crippen molar-refractivity contribution in [3.63, 3.8) is 0 Å². The van der Waals surface area contributed by atoms with Gasteiger partial charge in [-0.05, 0) is 13.0 Å². The number of anilines is 1. The molecule has 0 atom stereocenters. The molecule has 0 radical (unpaired) electrons. The molecule has 0 fully saturated rings.